The zero-order valence-corrected chi connectivity index (χ0v) is 17.9. The molecule has 0 aromatic carbocycles. The predicted molar refractivity (Wildman–Crippen MR) is 17.3 cm³/mol. The first-order valence-electron chi connectivity index (χ1n) is 0. The first kappa shape index (κ1) is 47.0. The molecule has 0 N–H and O–H groups in total. The van der Waals surface area contributed by atoms with Gasteiger partial charge in [-0.2, -0.15) is 0 Å². The van der Waals surface area contributed by atoms with Gasteiger partial charge in [0, 0.05) is 224 Å². The quantitative estimate of drug-likeness (QED) is 0.270. The summed E-state index contributed by atoms with van der Waals surface area (Å²) < 4.78 is 0. The van der Waals surface area contributed by atoms with Crippen molar-refractivity contribution in [3.63, 3.8) is 0 Å². The molecule has 0 amide bonds. The average Bonchev–Trinajstić information content (AvgIpc) is 0. The van der Waals surface area contributed by atoms with Gasteiger partial charge in [0.05, 0.1) is 0 Å². The first-order chi connectivity index (χ1) is 0. The number of rotatable bonds is 0. The maximum Gasteiger partial charge on any atom is 0 e. The van der Waals surface area contributed by atoms with Crippen LogP contribution in [0.25, 0.3) is 0 Å². The van der Waals surface area contributed by atoms with E-state index in [-0.39, 0.29) is 224 Å². The summed E-state index contributed by atoms with van der Waals surface area (Å²) in [5.74, 6) is 0. The summed E-state index contributed by atoms with van der Waals surface area (Å²) in [5.41, 5.74) is 0. The van der Waals surface area contributed by atoms with Crippen molar-refractivity contribution in [1.82, 2.24) is 0 Å². The Morgan fingerprint density at radius 1 is 0.286 bits per heavy atom. The van der Waals surface area contributed by atoms with Gasteiger partial charge in [-0.25, -0.2) is 0 Å². The summed E-state index contributed by atoms with van der Waals surface area (Å²) in [6.45, 7) is 0. The second kappa shape index (κ2) is 37.5. The van der Waals surface area contributed by atoms with Crippen LogP contribution in [0.2, 0.25) is 0 Å². The van der Waals surface area contributed by atoms with Gasteiger partial charge < -0.3 is 0 Å². The van der Waals surface area contributed by atoms with E-state index < -0.39 is 0 Å². The largest absolute Gasteiger partial charge is 0 e. The van der Waals surface area contributed by atoms with E-state index in [0.717, 1.165) is 0 Å². The van der Waals surface area contributed by atoms with E-state index in [1.165, 1.54) is 0 Å². The summed E-state index contributed by atoms with van der Waals surface area (Å²) in [7, 11) is 0. The molecule has 0 aromatic rings. The van der Waals surface area contributed by atoms with E-state index in [2.05, 4.69) is 0 Å². The summed E-state index contributed by atoms with van der Waals surface area (Å²) in [6, 6.07) is 0. The van der Waals surface area contributed by atoms with Gasteiger partial charge in [0.15, 0.2) is 0 Å². The molecule has 0 atom stereocenters. The van der Waals surface area contributed by atoms with Gasteiger partial charge in [-0.3, -0.25) is 0 Å². The third kappa shape index (κ3) is 31.7. The SMILES string of the molecule is [Ho].[Ho].[Ho].[Ho].[Sb].[Sb].[Sb]. The van der Waals surface area contributed by atoms with Crippen molar-refractivity contribution in [3.8, 4) is 0 Å². The Bertz CT molecular complexity index is 6.90. The topological polar surface area (TPSA) is 0 Å². The third-order valence-electron chi connectivity index (χ3n) is 0. The first-order valence-corrected chi connectivity index (χ1v) is 0. The van der Waals surface area contributed by atoms with Crippen molar-refractivity contribution in [2.45, 2.75) is 0 Å². The molecule has 0 bridgehead atoms. The number of hydrogen-bond donors (Lipinski definition) is 0. The molecule has 0 rings (SSSR count). The molecule has 0 nitrogen and oxygen atoms in total. The zero-order chi connectivity index (χ0) is 0. The van der Waals surface area contributed by atoms with Crippen LogP contribution in [0.4, 0.5) is 0 Å². The average molecular weight is 1020 g/mol. The smallest absolute Gasteiger partial charge is 0 e. The second-order valence-electron chi connectivity index (χ2n) is 0. The fourth-order valence-electron chi connectivity index (χ4n) is 0. The standard InChI is InChI=1S/4Ho.3Sb. The van der Waals surface area contributed by atoms with Crippen LogP contribution in [-0.4, -0.2) is 73.3 Å². The fourth-order valence-corrected chi connectivity index (χ4v) is 0. The molecule has 0 spiro atoms. The predicted octanol–water partition coefficient (Wildman–Crippen LogP) is -1.14. The monoisotopic (exact) mass is 1020 g/mol. The Morgan fingerprint density at radius 2 is 0.286 bits per heavy atom. The molecular formula is Ho4Sb3. The molecule has 0 saturated carbocycles. The molecule has 0 aliphatic carbocycles. The Kier molecular flexibility index (Phi) is 252. The van der Waals surface area contributed by atoms with Crippen LogP contribution in [0.3, 0.4) is 0 Å². The molecule has 0 unspecified atom stereocenters. The van der Waals surface area contributed by atoms with Crippen molar-refractivity contribution in [3.05, 3.63) is 0 Å². The van der Waals surface area contributed by atoms with Crippen LogP contribution in [0.1, 0.15) is 0 Å². The van der Waals surface area contributed by atoms with Gasteiger partial charge in [0.25, 0.3) is 0 Å². The molecule has 0 saturated heterocycles. The molecule has 7 heavy (non-hydrogen) atoms. The Balaban J connectivity index is 0. The van der Waals surface area contributed by atoms with Crippen molar-refractivity contribution >= 4 is 73.3 Å². The number of hydrogen-bond acceptors (Lipinski definition) is 0. The van der Waals surface area contributed by atoms with E-state index in [0.29, 0.717) is 0 Å². The van der Waals surface area contributed by atoms with Gasteiger partial charge >= 0.3 is 0 Å². The maximum absolute atomic E-state index is 0. The van der Waals surface area contributed by atoms with E-state index in [9.17, 15) is 0 Å². The van der Waals surface area contributed by atoms with Crippen molar-refractivity contribution < 1.29 is 151 Å². The van der Waals surface area contributed by atoms with E-state index in [1.807, 2.05) is 0 Å². The van der Waals surface area contributed by atoms with Gasteiger partial charge in [-0.1, -0.05) is 0 Å². The van der Waals surface area contributed by atoms with Crippen molar-refractivity contribution in [2.24, 2.45) is 0 Å². The Labute approximate surface area is 217 Å². The second-order valence-corrected chi connectivity index (χ2v) is 0. The van der Waals surface area contributed by atoms with Crippen molar-refractivity contribution in [2.75, 3.05) is 0 Å². The zero-order valence-electron chi connectivity index (χ0n) is 2.55. The minimum atomic E-state index is 0. The van der Waals surface area contributed by atoms with Crippen LogP contribution in [-0.2, 0) is 0 Å². The molecule has 0 aliphatic heterocycles. The fraction of sp³-hybridized carbons (Fsp3) is 0. The van der Waals surface area contributed by atoms with Crippen LogP contribution >= 0.6 is 0 Å². The maximum atomic E-state index is 0. The molecule has 0 heterocycles. The Hall–Kier alpha value is 7.49. The van der Waals surface area contributed by atoms with E-state index >= 15 is 0 Å². The molecular weight excluding hydrogens is 1020 g/mol. The molecule has 0 aliphatic rings. The van der Waals surface area contributed by atoms with E-state index in [1.54, 1.807) is 0 Å². The van der Waals surface area contributed by atoms with Crippen LogP contribution in [0.15, 0.2) is 0 Å². The molecule has 0 aromatic heterocycles. The molecule has 7 heteroatoms. The summed E-state index contributed by atoms with van der Waals surface area (Å²) >= 11 is 0. The minimum Gasteiger partial charge on any atom is 0 e. The van der Waals surface area contributed by atoms with Crippen LogP contribution in [0, 0.1) is 151 Å². The van der Waals surface area contributed by atoms with Crippen LogP contribution < -0.4 is 0 Å². The Morgan fingerprint density at radius 3 is 0.286 bits per heavy atom. The summed E-state index contributed by atoms with van der Waals surface area (Å²) in [5, 5.41) is 0. The minimum absolute atomic E-state index is 0. The van der Waals surface area contributed by atoms with Gasteiger partial charge in [-0.15, -0.1) is 0 Å². The molecule has 0 fully saturated rings. The van der Waals surface area contributed by atoms with Gasteiger partial charge in [0.1, 0.15) is 0 Å². The van der Waals surface area contributed by atoms with E-state index in [4.69, 9.17) is 0 Å². The van der Waals surface area contributed by atoms with Crippen molar-refractivity contribution in [1.29, 1.82) is 0 Å². The molecule has 13 radical (unpaired) electrons. The summed E-state index contributed by atoms with van der Waals surface area (Å²) in [6.07, 6.45) is 0. The van der Waals surface area contributed by atoms with Crippen LogP contribution in [0.5, 0.6) is 0 Å². The molecule has 59 valence electrons. The summed E-state index contributed by atoms with van der Waals surface area (Å²) in [4.78, 5) is 0. The third-order valence-corrected chi connectivity index (χ3v) is 0. The normalized spacial score (nSPS) is 0. The van der Waals surface area contributed by atoms with Gasteiger partial charge in [0.2, 0.25) is 0 Å². The van der Waals surface area contributed by atoms with Gasteiger partial charge in [-0.05, 0) is 0 Å².